The first kappa shape index (κ1) is 25.7. The molecule has 0 atom stereocenters. The number of nitrogens with one attached hydrogen (secondary N) is 1. The number of carbonyl (C=O) groups excluding carboxylic acids is 1. The number of ether oxygens (including phenoxy) is 2. The molecule has 1 amide bonds. The lowest BCUT2D eigenvalue weighted by molar-refractivity contribution is -0.384. The quantitative estimate of drug-likeness (QED) is 0.139. The first-order valence-corrected chi connectivity index (χ1v) is 11.5. The Morgan fingerprint density at radius 2 is 1.91 bits per heavy atom. The molecule has 0 saturated carbocycles. The van der Waals surface area contributed by atoms with E-state index < -0.39 is 10.8 Å². The summed E-state index contributed by atoms with van der Waals surface area (Å²) in [5, 5.41) is 23.7. The third-order valence-electron chi connectivity index (χ3n) is 4.63. The summed E-state index contributed by atoms with van der Waals surface area (Å²) in [5.74, 6) is 0.190. The molecule has 8 nitrogen and oxygen atoms in total. The van der Waals surface area contributed by atoms with E-state index in [1.54, 1.807) is 55.5 Å². The number of nitro groups is 1. The highest BCUT2D eigenvalue weighted by Gasteiger charge is 2.15. The minimum absolute atomic E-state index is 0.0297. The molecule has 0 bridgehead atoms. The second-order valence-corrected chi connectivity index (χ2v) is 8.39. The van der Waals surface area contributed by atoms with Gasteiger partial charge in [0, 0.05) is 27.3 Å². The van der Waals surface area contributed by atoms with Crippen LogP contribution >= 0.6 is 27.5 Å². The molecule has 0 fully saturated rings. The van der Waals surface area contributed by atoms with Crippen molar-refractivity contribution in [2.45, 2.75) is 13.5 Å². The first-order valence-electron chi connectivity index (χ1n) is 10.3. The third kappa shape index (κ3) is 7.06. The first-order chi connectivity index (χ1) is 16.8. The molecule has 0 aliphatic rings. The zero-order valence-corrected chi connectivity index (χ0v) is 20.8. The number of non-ortho nitro benzene ring substituents is 1. The summed E-state index contributed by atoms with van der Waals surface area (Å²) in [6.45, 7) is 2.23. The Morgan fingerprint density at radius 1 is 1.17 bits per heavy atom. The highest BCUT2D eigenvalue weighted by molar-refractivity contribution is 9.10. The second kappa shape index (κ2) is 12.0. The summed E-state index contributed by atoms with van der Waals surface area (Å²) in [7, 11) is 0. The Balaban J connectivity index is 1.85. The van der Waals surface area contributed by atoms with Crippen molar-refractivity contribution in [2.24, 2.45) is 0 Å². The van der Waals surface area contributed by atoms with Crippen LogP contribution in [-0.4, -0.2) is 17.4 Å². The number of hydrogen-bond donors (Lipinski definition) is 1. The fourth-order valence-electron chi connectivity index (χ4n) is 3.03. The predicted molar refractivity (Wildman–Crippen MR) is 136 cm³/mol. The van der Waals surface area contributed by atoms with Crippen molar-refractivity contribution in [1.29, 1.82) is 5.26 Å². The average Bonchev–Trinajstić information content (AvgIpc) is 2.83. The van der Waals surface area contributed by atoms with Crippen molar-refractivity contribution in [1.82, 2.24) is 0 Å². The lowest BCUT2D eigenvalue weighted by Crippen LogP contribution is -2.13. The molecule has 10 heteroatoms. The fraction of sp³-hybridized carbons (Fsp3) is 0.120. The van der Waals surface area contributed by atoms with E-state index in [4.69, 9.17) is 21.1 Å². The maximum absolute atomic E-state index is 12.6. The SMILES string of the molecule is CCOc1cc(/C=C(\C#N)C(=O)Nc2cccc(Cl)c2)c(Br)cc1OCc1cccc([N+](=O)[O-])c1. The van der Waals surface area contributed by atoms with Crippen molar-refractivity contribution in [2.75, 3.05) is 11.9 Å². The highest BCUT2D eigenvalue weighted by atomic mass is 79.9. The molecule has 0 saturated heterocycles. The molecule has 0 aliphatic heterocycles. The molecule has 0 aromatic heterocycles. The predicted octanol–water partition coefficient (Wildman–Crippen LogP) is 6.53. The van der Waals surface area contributed by atoms with Gasteiger partial charge in [0.25, 0.3) is 11.6 Å². The van der Waals surface area contributed by atoms with Crippen LogP contribution in [0.2, 0.25) is 5.02 Å². The van der Waals surface area contributed by atoms with Crippen LogP contribution in [0.1, 0.15) is 18.1 Å². The summed E-state index contributed by atoms with van der Waals surface area (Å²) in [6, 6.07) is 17.9. The standard InChI is InChI=1S/C25H19BrClN3O5/c1-2-34-23-11-17(10-18(14-28)25(31)29-20-7-4-6-19(27)12-20)22(26)13-24(23)35-15-16-5-3-8-21(9-16)30(32)33/h3-13H,2,15H2,1H3,(H,29,31)/b18-10+. The van der Waals surface area contributed by atoms with Crippen molar-refractivity contribution in [3.8, 4) is 17.6 Å². The Hall–Kier alpha value is -3.87. The molecule has 0 radical (unpaired) electrons. The summed E-state index contributed by atoms with van der Waals surface area (Å²) in [6.07, 6.45) is 1.43. The van der Waals surface area contributed by atoms with Gasteiger partial charge in [0.2, 0.25) is 0 Å². The number of halogens is 2. The van der Waals surface area contributed by atoms with Gasteiger partial charge in [0.05, 0.1) is 11.5 Å². The van der Waals surface area contributed by atoms with E-state index in [1.165, 1.54) is 18.2 Å². The smallest absolute Gasteiger partial charge is 0.269 e. The Bertz CT molecular complexity index is 1340. The topological polar surface area (TPSA) is 114 Å². The normalized spacial score (nSPS) is 10.9. The maximum atomic E-state index is 12.6. The van der Waals surface area contributed by atoms with E-state index in [9.17, 15) is 20.2 Å². The van der Waals surface area contributed by atoms with Gasteiger partial charge in [-0.1, -0.05) is 45.7 Å². The van der Waals surface area contributed by atoms with Gasteiger partial charge >= 0.3 is 0 Å². The number of hydrogen-bond acceptors (Lipinski definition) is 6. The molecule has 0 unspecified atom stereocenters. The number of rotatable bonds is 9. The summed E-state index contributed by atoms with van der Waals surface area (Å²) < 4.78 is 12.1. The Labute approximate surface area is 215 Å². The van der Waals surface area contributed by atoms with Crippen LogP contribution < -0.4 is 14.8 Å². The van der Waals surface area contributed by atoms with Crippen molar-refractivity contribution >= 4 is 50.9 Å². The molecule has 3 rings (SSSR count). The monoisotopic (exact) mass is 555 g/mol. The number of nitriles is 1. The fourth-order valence-corrected chi connectivity index (χ4v) is 3.66. The molecular formula is C25H19BrClN3O5. The maximum Gasteiger partial charge on any atom is 0.269 e. The van der Waals surface area contributed by atoms with Crippen LogP contribution in [0.5, 0.6) is 11.5 Å². The molecule has 0 aliphatic carbocycles. The molecular weight excluding hydrogens is 538 g/mol. The third-order valence-corrected chi connectivity index (χ3v) is 5.55. The molecule has 3 aromatic carbocycles. The van der Waals surface area contributed by atoms with Crippen LogP contribution in [0.15, 0.2) is 70.7 Å². The van der Waals surface area contributed by atoms with Crippen LogP contribution in [0.25, 0.3) is 6.08 Å². The van der Waals surface area contributed by atoms with Crippen LogP contribution in [0.3, 0.4) is 0 Å². The number of benzene rings is 3. The van der Waals surface area contributed by atoms with Gasteiger partial charge in [-0.15, -0.1) is 0 Å². The number of nitro benzene ring substituents is 1. The van der Waals surface area contributed by atoms with E-state index in [0.29, 0.717) is 44.4 Å². The zero-order chi connectivity index (χ0) is 25.4. The lowest BCUT2D eigenvalue weighted by atomic mass is 10.1. The number of anilines is 1. The number of amides is 1. The summed E-state index contributed by atoms with van der Waals surface area (Å²) in [4.78, 5) is 23.2. The zero-order valence-electron chi connectivity index (χ0n) is 18.5. The van der Waals surface area contributed by atoms with E-state index in [2.05, 4.69) is 21.2 Å². The molecule has 3 aromatic rings. The Morgan fingerprint density at radius 3 is 2.60 bits per heavy atom. The van der Waals surface area contributed by atoms with Gasteiger partial charge < -0.3 is 14.8 Å². The van der Waals surface area contributed by atoms with Gasteiger partial charge in [0.1, 0.15) is 18.2 Å². The largest absolute Gasteiger partial charge is 0.490 e. The van der Waals surface area contributed by atoms with Crippen molar-refractivity contribution in [3.05, 3.63) is 97.0 Å². The molecule has 1 N–H and O–H groups in total. The molecule has 0 heterocycles. The second-order valence-electron chi connectivity index (χ2n) is 7.10. The van der Waals surface area contributed by atoms with Gasteiger partial charge in [-0.25, -0.2) is 0 Å². The van der Waals surface area contributed by atoms with E-state index in [1.807, 2.05) is 6.07 Å². The van der Waals surface area contributed by atoms with Crippen LogP contribution in [-0.2, 0) is 11.4 Å². The minimum atomic E-state index is -0.592. The van der Waals surface area contributed by atoms with Gasteiger partial charge in [-0.3, -0.25) is 14.9 Å². The van der Waals surface area contributed by atoms with E-state index in [0.717, 1.165) is 0 Å². The lowest BCUT2D eigenvalue weighted by Gasteiger charge is -2.14. The number of carbonyl (C=O) groups is 1. The minimum Gasteiger partial charge on any atom is -0.490 e. The van der Waals surface area contributed by atoms with Crippen molar-refractivity contribution in [3.63, 3.8) is 0 Å². The molecule has 0 spiro atoms. The highest BCUT2D eigenvalue weighted by Crippen LogP contribution is 2.35. The van der Waals surface area contributed by atoms with E-state index >= 15 is 0 Å². The summed E-state index contributed by atoms with van der Waals surface area (Å²) in [5.41, 5.74) is 1.44. The van der Waals surface area contributed by atoms with Crippen LogP contribution in [0, 0.1) is 21.4 Å². The van der Waals surface area contributed by atoms with Crippen LogP contribution in [0.4, 0.5) is 11.4 Å². The van der Waals surface area contributed by atoms with Gasteiger partial charge in [-0.2, -0.15) is 5.26 Å². The average molecular weight is 557 g/mol. The number of nitrogens with zero attached hydrogens (tertiary/aromatic N) is 2. The van der Waals surface area contributed by atoms with E-state index in [-0.39, 0.29) is 17.9 Å². The van der Waals surface area contributed by atoms with Crippen molar-refractivity contribution < 1.29 is 19.2 Å². The van der Waals surface area contributed by atoms with Gasteiger partial charge in [0.15, 0.2) is 11.5 Å². The Kier molecular flexibility index (Phi) is 8.84. The van der Waals surface area contributed by atoms with Gasteiger partial charge in [-0.05, 0) is 54.5 Å². The summed E-state index contributed by atoms with van der Waals surface area (Å²) >= 11 is 9.39. The molecule has 35 heavy (non-hydrogen) atoms. The molecule has 178 valence electrons.